The first-order chi connectivity index (χ1) is 12.7. The molecule has 6 heteroatoms. The third kappa shape index (κ3) is 6.88. The molecule has 0 amide bonds. The number of aliphatic imine (C=N–C) groups is 1. The van der Waals surface area contributed by atoms with Gasteiger partial charge in [0.2, 0.25) is 0 Å². The van der Waals surface area contributed by atoms with Gasteiger partial charge in [-0.25, -0.2) is 0 Å². The van der Waals surface area contributed by atoms with Gasteiger partial charge in [0.15, 0.2) is 5.96 Å². The Labute approximate surface area is 156 Å². The SMILES string of the molecule is CCNC(=NCCC(=O)OC)N1CCN(C/C=C/c2ccccc2)CC1. The van der Waals surface area contributed by atoms with Gasteiger partial charge in [-0.3, -0.25) is 14.7 Å². The number of nitrogens with one attached hydrogen (secondary N) is 1. The summed E-state index contributed by atoms with van der Waals surface area (Å²) in [6.45, 7) is 8.15. The molecular weight excluding hydrogens is 328 g/mol. The molecule has 2 rings (SSSR count). The molecule has 1 saturated heterocycles. The second kappa shape index (κ2) is 11.3. The Morgan fingerprint density at radius 2 is 1.96 bits per heavy atom. The van der Waals surface area contributed by atoms with Gasteiger partial charge < -0.3 is 15.0 Å². The maximum Gasteiger partial charge on any atom is 0.307 e. The molecule has 0 aliphatic carbocycles. The number of esters is 1. The van der Waals surface area contributed by atoms with Crippen molar-refractivity contribution in [2.75, 3.05) is 52.9 Å². The number of piperazine rings is 1. The van der Waals surface area contributed by atoms with E-state index in [0.29, 0.717) is 13.0 Å². The minimum atomic E-state index is -0.223. The zero-order chi connectivity index (χ0) is 18.6. The topological polar surface area (TPSA) is 57.2 Å². The van der Waals surface area contributed by atoms with Crippen LogP contribution in [0, 0.1) is 0 Å². The van der Waals surface area contributed by atoms with Gasteiger partial charge in [0, 0.05) is 39.3 Å². The number of hydrogen-bond acceptors (Lipinski definition) is 4. The minimum Gasteiger partial charge on any atom is -0.469 e. The lowest BCUT2D eigenvalue weighted by Crippen LogP contribution is -2.52. The van der Waals surface area contributed by atoms with E-state index in [1.54, 1.807) is 0 Å². The number of methoxy groups -OCH3 is 1. The van der Waals surface area contributed by atoms with Crippen molar-refractivity contribution in [3.8, 4) is 0 Å². The Hall–Kier alpha value is -2.34. The van der Waals surface area contributed by atoms with Crippen LogP contribution in [0.15, 0.2) is 41.4 Å². The molecule has 0 bridgehead atoms. The second-order valence-electron chi connectivity index (χ2n) is 6.16. The molecule has 1 aliphatic heterocycles. The van der Waals surface area contributed by atoms with E-state index in [2.05, 4.69) is 68.2 Å². The number of benzene rings is 1. The summed E-state index contributed by atoms with van der Waals surface area (Å²) >= 11 is 0. The largest absolute Gasteiger partial charge is 0.469 e. The average Bonchev–Trinajstić information content (AvgIpc) is 2.68. The van der Waals surface area contributed by atoms with Gasteiger partial charge in [-0.2, -0.15) is 0 Å². The predicted octanol–water partition coefficient (Wildman–Crippen LogP) is 1.85. The highest BCUT2D eigenvalue weighted by Crippen LogP contribution is 2.05. The smallest absolute Gasteiger partial charge is 0.307 e. The van der Waals surface area contributed by atoms with E-state index in [1.165, 1.54) is 12.7 Å². The molecule has 0 saturated carbocycles. The molecule has 0 aromatic heterocycles. The van der Waals surface area contributed by atoms with Crippen LogP contribution in [0.1, 0.15) is 18.9 Å². The Balaban J connectivity index is 1.78. The van der Waals surface area contributed by atoms with Crippen molar-refractivity contribution in [1.29, 1.82) is 0 Å². The molecule has 1 aromatic carbocycles. The fourth-order valence-electron chi connectivity index (χ4n) is 2.83. The van der Waals surface area contributed by atoms with Crippen LogP contribution in [-0.2, 0) is 9.53 Å². The quantitative estimate of drug-likeness (QED) is 0.458. The van der Waals surface area contributed by atoms with Crippen molar-refractivity contribution in [3.05, 3.63) is 42.0 Å². The molecule has 0 atom stereocenters. The van der Waals surface area contributed by atoms with Crippen LogP contribution in [0.5, 0.6) is 0 Å². The number of nitrogens with zero attached hydrogens (tertiary/aromatic N) is 3. The van der Waals surface area contributed by atoms with E-state index < -0.39 is 0 Å². The molecule has 26 heavy (non-hydrogen) atoms. The number of carbonyl (C=O) groups excluding carboxylic acids is 1. The second-order valence-corrected chi connectivity index (χ2v) is 6.16. The van der Waals surface area contributed by atoms with Crippen molar-refractivity contribution < 1.29 is 9.53 Å². The van der Waals surface area contributed by atoms with Crippen LogP contribution in [0.3, 0.4) is 0 Å². The Bertz CT molecular complexity index is 593. The number of hydrogen-bond donors (Lipinski definition) is 1. The normalized spacial score (nSPS) is 16.1. The third-order valence-electron chi connectivity index (χ3n) is 4.29. The van der Waals surface area contributed by atoms with Crippen molar-refractivity contribution >= 4 is 18.0 Å². The summed E-state index contributed by atoms with van der Waals surface area (Å²) in [5, 5.41) is 3.31. The highest BCUT2D eigenvalue weighted by atomic mass is 16.5. The molecular formula is C20H30N4O2. The number of carbonyl (C=O) groups is 1. The van der Waals surface area contributed by atoms with Crippen LogP contribution >= 0.6 is 0 Å². The summed E-state index contributed by atoms with van der Waals surface area (Å²) in [6.07, 6.45) is 4.71. The van der Waals surface area contributed by atoms with E-state index in [4.69, 9.17) is 0 Å². The maximum absolute atomic E-state index is 11.2. The van der Waals surface area contributed by atoms with Gasteiger partial charge in [0.25, 0.3) is 0 Å². The van der Waals surface area contributed by atoms with Crippen molar-refractivity contribution in [3.63, 3.8) is 0 Å². The molecule has 0 unspecified atom stereocenters. The van der Waals surface area contributed by atoms with E-state index in [1.807, 2.05) is 6.07 Å². The lowest BCUT2D eigenvalue weighted by molar-refractivity contribution is -0.140. The van der Waals surface area contributed by atoms with Gasteiger partial charge >= 0.3 is 5.97 Å². The highest BCUT2D eigenvalue weighted by molar-refractivity contribution is 5.80. The average molecular weight is 358 g/mol. The lowest BCUT2D eigenvalue weighted by Gasteiger charge is -2.36. The first-order valence-electron chi connectivity index (χ1n) is 9.27. The molecule has 1 heterocycles. The number of ether oxygens (including phenoxy) is 1. The monoisotopic (exact) mass is 358 g/mol. The molecule has 1 aliphatic rings. The highest BCUT2D eigenvalue weighted by Gasteiger charge is 2.18. The summed E-state index contributed by atoms with van der Waals surface area (Å²) in [6, 6.07) is 10.4. The molecule has 1 N–H and O–H groups in total. The molecule has 1 fully saturated rings. The van der Waals surface area contributed by atoms with Gasteiger partial charge in [-0.1, -0.05) is 42.5 Å². The minimum absolute atomic E-state index is 0.223. The Morgan fingerprint density at radius 3 is 2.62 bits per heavy atom. The van der Waals surface area contributed by atoms with Crippen LogP contribution in [0.2, 0.25) is 0 Å². The van der Waals surface area contributed by atoms with E-state index >= 15 is 0 Å². The van der Waals surface area contributed by atoms with Crippen molar-refractivity contribution in [2.24, 2.45) is 4.99 Å². The van der Waals surface area contributed by atoms with Crippen LogP contribution < -0.4 is 5.32 Å². The summed E-state index contributed by atoms with van der Waals surface area (Å²) in [7, 11) is 1.41. The Kier molecular flexibility index (Phi) is 8.69. The molecule has 6 nitrogen and oxygen atoms in total. The van der Waals surface area contributed by atoms with Crippen molar-refractivity contribution in [2.45, 2.75) is 13.3 Å². The molecule has 0 radical (unpaired) electrons. The fraction of sp³-hybridized carbons (Fsp3) is 0.500. The fourth-order valence-corrected chi connectivity index (χ4v) is 2.83. The lowest BCUT2D eigenvalue weighted by atomic mass is 10.2. The molecule has 142 valence electrons. The summed E-state index contributed by atoms with van der Waals surface area (Å²) in [5.74, 6) is 0.663. The van der Waals surface area contributed by atoms with E-state index in [9.17, 15) is 4.79 Å². The van der Waals surface area contributed by atoms with Gasteiger partial charge in [0.05, 0.1) is 20.1 Å². The van der Waals surface area contributed by atoms with Gasteiger partial charge in [-0.05, 0) is 12.5 Å². The van der Waals surface area contributed by atoms with Gasteiger partial charge in [-0.15, -0.1) is 0 Å². The zero-order valence-electron chi connectivity index (χ0n) is 15.9. The predicted molar refractivity (Wildman–Crippen MR) is 106 cm³/mol. The maximum atomic E-state index is 11.2. The zero-order valence-corrected chi connectivity index (χ0v) is 15.9. The van der Waals surface area contributed by atoms with Crippen LogP contribution in [0.4, 0.5) is 0 Å². The standard InChI is InChI=1S/C20H30N4O2/c1-3-21-20(22-12-11-19(25)26-2)24-16-14-23(15-17-24)13-7-10-18-8-5-4-6-9-18/h4-10H,3,11-17H2,1-2H3,(H,21,22)/b10-7+. The summed E-state index contributed by atoms with van der Waals surface area (Å²) < 4.78 is 4.67. The van der Waals surface area contributed by atoms with Gasteiger partial charge in [0.1, 0.15) is 0 Å². The summed E-state index contributed by atoms with van der Waals surface area (Å²) in [5.41, 5.74) is 1.23. The summed E-state index contributed by atoms with van der Waals surface area (Å²) in [4.78, 5) is 20.5. The van der Waals surface area contributed by atoms with E-state index in [0.717, 1.165) is 45.2 Å². The van der Waals surface area contributed by atoms with E-state index in [-0.39, 0.29) is 5.97 Å². The Morgan fingerprint density at radius 1 is 1.23 bits per heavy atom. The third-order valence-corrected chi connectivity index (χ3v) is 4.29. The number of guanidine groups is 1. The molecule has 1 aromatic rings. The first kappa shape index (κ1) is 20.0. The van der Waals surface area contributed by atoms with Crippen LogP contribution in [0.25, 0.3) is 6.08 Å². The van der Waals surface area contributed by atoms with Crippen LogP contribution in [-0.4, -0.2) is 74.7 Å². The number of rotatable bonds is 7. The molecule has 0 spiro atoms. The van der Waals surface area contributed by atoms with Crippen molar-refractivity contribution in [1.82, 2.24) is 15.1 Å². The first-order valence-corrected chi connectivity index (χ1v) is 9.27.